The summed E-state index contributed by atoms with van der Waals surface area (Å²) in [7, 11) is 4.26. The lowest BCUT2D eigenvalue weighted by Gasteiger charge is -2.21. The van der Waals surface area contributed by atoms with Gasteiger partial charge in [-0.15, -0.1) is 0 Å². The van der Waals surface area contributed by atoms with Crippen LogP contribution >= 0.6 is 0 Å². The molecule has 62 valence electrons. The van der Waals surface area contributed by atoms with E-state index in [1.165, 1.54) is 6.42 Å². The van der Waals surface area contributed by atoms with Crippen LogP contribution in [0.1, 0.15) is 13.3 Å². The van der Waals surface area contributed by atoms with Gasteiger partial charge in [-0.25, -0.2) is 0 Å². The number of hydrogen-bond donors (Lipinski definition) is 0. The molecule has 0 bridgehead atoms. The molecule has 0 aromatic carbocycles. The van der Waals surface area contributed by atoms with Gasteiger partial charge in [-0.1, -0.05) is 24.3 Å². The highest BCUT2D eigenvalue weighted by Crippen LogP contribution is 2.16. The molecule has 0 heterocycles. The topological polar surface area (TPSA) is 3.24 Å². The van der Waals surface area contributed by atoms with E-state index < -0.39 is 0 Å². The molecule has 0 spiro atoms. The third kappa shape index (κ3) is 2.51. The maximum absolute atomic E-state index is 2.26. The molecule has 0 amide bonds. The molecule has 1 aliphatic rings. The molecular formula is C10H17N. The van der Waals surface area contributed by atoms with Crippen LogP contribution in [0.3, 0.4) is 0 Å². The summed E-state index contributed by atoms with van der Waals surface area (Å²) >= 11 is 0. The zero-order chi connectivity index (χ0) is 8.27. The van der Waals surface area contributed by atoms with Crippen molar-refractivity contribution in [1.29, 1.82) is 0 Å². The molecule has 0 radical (unpaired) electrons. The zero-order valence-electron chi connectivity index (χ0n) is 7.62. The second-order valence-electron chi connectivity index (χ2n) is 3.48. The Morgan fingerprint density at radius 2 is 1.82 bits per heavy atom. The Kier molecular flexibility index (Phi) is 2.89. The smallest absolute Gasteiger partial charge is 0.00694 e. The van der Waals surface area contributed by atoms with Crippen molar-refractivity contribution in [3.05, 3.63) is 24.3 Å². The Hall–Kier alpha value is -0.560. The maximum atomic E-state index is 2.26. The molecule has 0 aromatic heterocycles. The maximum Gasteiger partial charge on any atom is 0.00694 e. The predicted octanol–water partition coefficient (Wildman–Crippen LogP) is 2.07. The van der Waals surface area contributed by atoms with Crippen LogP contribution in [-0.2, 0) is 0 Å². The van der Waals surface area contributed by atoms with Crippen molar-refractivity contribution in [3.8, 4) is 0 Å². The molecule has 1 heteroatoms. The lowest BCUT2D eigenvalue weighted by atomic mass is 10.0. The van der Waals surface area contributed by atoms with Crippen molar-refractivity contribution in [2.24, 2.45) is 5.92 Å². The molecule has 1 aliphatic carbocycles. The standard InChI is InChI=1S/C10H17N/c1-9(11(2)3)8-10-6-4-5-7-10/h4-7,9-10H,8H2,1-3H3. The van der Waals surface area contributed by atoms with Gasteiger partial charge in [-0.2, -0.15) is 0 Å². The predicted molar refractivity (Wildman–Crippen MR) is 49.5 cm³/mol. The van der Waals surface area contributed by atoms with Crippen LogP contribution in [0.2, 0.25) is 0 Å². The summed E-state index contributed by atoms with van der Waals surface area (Å²) in [5, 5.41) is 0. The summed E-state index contributed by atoms with van der Waals surface area (Å²) in [4.78, 5) is 2.26. The summed E-state index contributed by atoms with van der Waals surface area (Å²) in [5.41, 5.74) is 0. The lowest BCUT2D eigenvalue weighted by molar-refractivity contribution is 0.288. The van der Waals surface area contributed by atoms with E-state index in [0.29, 0.717) is 12.0 Å². The summed E-state index contributed by atoms with van der Waals surface area (Å²) in [6.07, 6.45) is 10.0. The van der Waals surface area contributed by atoms with Gasteiger partial charge in [-0.05, 0) is 33.4 Å². The zero-order valence-corrected chi connectivity index (χ0v) is 7.62. The molecule has 0 saturated heterocycles. The highest BCUT2D eigenvalue weighted by molar-refractivity contribution is 5.17. The first-order valence-corrected chi connectivity index (χ1v) is 4.21. The minimum absolute atomic E-state index is 0.674. The summed E-state index contributed by atoms with van der Waals surface area (Å²) in [5.74, 6) is 0.674. The molecule has 1 atom stereocenters. The van der Waals surface area contributed by atoms with Gasteiger partial charge in [0.2, 0.25) is 0 Å². The van der Waals surface area contributed by atoms with Crippen molar-refractivity contribution in [2.45, 2.75) is 19.4 Å². The SMILES string of the molecule is CC(CC1C=CC=C1)N(C)C. The molecule has 0 N–H and O–H groups in total. The minimum atomic E-state index is 0.674. The average Bonchev–Trinajstić information content (AvgIpc) is 2.39. The third-order valence-corrected chi connectivity index (χ3v) is 2.32. The summed E-state index contributed by atoms with van der Waals surface area (Å²) in [6, 6.07) is 0.674. The second kappa shape index (κ2) is 3.72. The van der Waals surface area contributed by atoms with Crippen LogP contribution in [-0.4, -0.2) is 25.0 Å². The average molecular weight is 151 g/mol. The third-order valence-electron chi connectivity index (χ3n) is 2.32. The number of hydrogen-bond acceptors (Lipinski definition) is 1. The first kappa shape index (κ1) is 8.54. The normalized spacial score (nSPS) is 20.0. The van der Waals surface area contributed by atoms with E-state index >= 15 is 0 Å². The van der Waals surface area contributed by atoms with Gasteiger partial charge in [0.25, 0.3) is 0 Å². The summed E-state index contributed by atoms with van der Waals surface area (Å²) in [6.45, 7) is 2.26. The van der Waals surface area contributed by atoms with Gasteiger partial charge in [0.15, 0.2) is 0 Å². The lowest BCUT2D eigenvalue weighted by Crippen LogP contribution is -2.26. The van der Waals surface area contributed by atoms with E-state index in [4.69, 9.17) is 0 Å². The van der Waals surface area contributed by atoms with Gasteiger partial charge in [0.1, 0.15) is 0 Å². The Morgan fingerprint density at radius 3 is 2.27 bits per heavy atom. The first-order valence-electron chi connectivity index (χ1n) is 4.21. The van der Waals surface area contributed by atoms with Gasteiger partial charge in [0, 0.05) is 6.04 Å². The van der Waals surface area contributed by atoms with Crippen LogP contribution in [0.25, 0.3) is 0 Å². The van der Waals surface area contributed by atoms with Crippen molar-refractivity contribution in [2.75, 3.05) is 14.1 Å². The Bertz CT molecular complexity index is 156. The van der Waals surface area contributed by atoms with E-state index in [1.54, 1.807) is 0 Å². The Labute approximate surface area is 69.4 Å². The van der Waals surface area contributed by atoms with Crippen molar-refractivity contribution < 1.29 is 0 Å². The molecule has 0 fully saturated rings. The van der Waals surface area contributed by atoms with Crippen molar-refractivity contribution in [3.63, 3.8) is 0 Å². The van der Waals surface area contributed by atoms with Crippen LogP contribution < -0.4 is 0 Å². The van der Waals surface area contributed by atoms with Crippen LogP contribution in [0.5, 0.6) is 0 Å². The largest absolute Gasteiger partial charge is 0.307 e. The summed E-state index contributed by atoms with van der Waals surface area (Å²) < 4.78 is 0. The monoisotopic (exact) mass is 151 g/mol. The molecule has 1 unspecified atom stereocenters. The van der Waals surface area contributed by atoms with E-state index in [1.807, 2.05) is 0 Å². The molecule has 0 saturated carbocycles. The highest BCUT2D eigenvalue weighted by atomic mass is 15.1. The van der Waals surface area contributed by atoms with Crippen LogP contribution in [0.15, 0.2) is 24.3 Å². The molecule has 1 rings (SSSR count). The number of allylic oxidation sites excluding steroid dienone is 4. The van der Waals surface area contributed by atoms with E-state index in [-0.39, 0.29) is 0 Å². The number of nitrogens with zero attached hydrogens (tertiary/aromatic N) is 1. The van der Waals surface area contributed by atoms with Gasteiger partial charge in [-0.3, -0.25) is 0 Å². The van der Waals surface area contributed by atoms with E-state index in [9.17, 15) is 0 Å². The van der Waals surface area contributed by atoms with Gasteiger partial charge < -0.3 is 4.90 Å². The fourth-order valence-corrected chi connectivity index (χ4v) is 1.24. The van der Waals surface area contributed by atoms with Crippen LogP contribution in [0.4, 0.5) is 0 Å². The first-order chi connectivity index (χ1) is 5.20. The van der Waals surface area contributed by atoms with E-state index in [2.05, 4.69) is 50.2 Å². The van der Waals surface area contributed by atoms with Gasteiger partial charge >= 0.3 is 0 Å². The molecule has 1 nitrogen and oxygen atoms in total. The molecule has 11 heavy (non-hydrogen) atoms. The Balaban J connectivity index is 2.30. The second-order valence-corrected chi connectivity index (χ2v) is 3.48. The minimum Gasteiger partial charge on any atom is -0.307 e. The van der Waals surface area contributed by atoms with Gasteiger partial charge in [0.05, 0.1) is 0 Å². The fourth-order valence-electron chi connectivity index (χ4n) is 1.24. The molecular weight excluding hydrogens is 134 g/mol. The van der Waals surface area contributed by atoms with Crippen molar-refractivity contribution >= 4 is 0 Å². The van der Waals surface area contributed by atoms with Crippen LogP contribution in [0, 0.1) is 5.92 Å². The highest BCUT2D eigenvalue weighted by Gasteiger charge is 2.10. The molecule has 0 aromatic rings. The Morgan fingerprint density at radius 1 is 1.27 bits per heavy atom. The number of rotatable bonds is 3. The van der Waals surface area contributed by atoms with Crippen molar-refractivity contribution in [1.82, 2.24) is 4.90 Å². The van der Waals surface area contributed by atoms with E-state index in [0.717, 1.165) is 0 Å². The fraction of sp³-hybridized carbons (Fsp3) is 0.600. The molecule has 0 aliphatic heterocycles. The quantitative estimate of drug-likeness (QED) is 0.597.